The van der Waals surface area contributed by atoms with Crippen LogP contribution in [0.25, 0.3) is 0 Å². The van der Waals surface area contributed by atoms with E-state index in [-0.39, 0.29) is 37.7 Å². The van der Waals surface area contributed by atoms with Gasteiger partial charge in [0.25, 0.3) is 0 Å². The van der Waals surface area contributed by atoms with E-state index in [1.807, 2.05) is 6.92 Å². The first kappa shape index (κ1) is 29.1. The zero-order chi connectivity index (χ0) is 26.7. The molecule has 0 radical (unpaired) electrons. The van der Waals surface area contributed by atoms with E-state index < -0.39 is 21.9 Å². The van der Waals surface area contributed by atoms with Crippen molar-refractivity contribution in [1.82, 2.24) is 10.2 Å². The third-order valence-corrected chi connectivity index (χ3v) is 6.98. The predicted octanol–water partition coefficient (Wildman–Crippen LogP) is 3.71. The summed E-state index contributed by atoms with van der Waals surface area (Å²) in [5, 5.41) is 2.82. The lowest BCUT2D eigenvalue weighted by atomic mass is 10.1. The van der Waals surface area contributed by atoms with Gasteiger partial charge < -0.3 is 15.0 Å². The molecule has 0 aromatic heterocycles. The fourth-order valence-electron chi connectivity index (χ4n) is 3.70. The van der Waals surface area contributed by atoms with Gasteiger partial charge in [0.15, 0.2) is 0 Å². The Labute approximate surface area is 213 Å². The molecule has 0 saturated carbocycles. The van der Waals surface area contributed by atoms with Crippen LogP contribution in [0.5, 0.6) is 5.75 Å². The Kier molecular flexibility index (Phi) is 11.2. The Morgan fingerprint density at radius 1 is 1.11 bits per heavy atom. The van der Waals surface area contributed by atoms with Gasteiger partial charge in [-0.1, -0.05) is 37.6 Å². The fourth-order valence-corrected chi connectivity index (χ4v) is 4.66. The summed E-state index contributed by atoms with van der Waals surface area (Å²) in [5.74, 6) is -0.635. The molecule has 0 spiro atoms. The molecule has 1 N–H and O–H groups in total. The van der Waals surface area contributed by atoms with E-state index in [0.29, 0.717) is 23.5 Å². The summed E-state index contributed by atoms with van der Waals surface area (Å²) in [6.45, 7) is 4.10. The molecular formula is C26H36FN3O5S. The van der Waals surface area contributed by atoms with Gasteiger partial charge in [0, 0.05) is 37.7 Å². The highest BCUT2D eigenvalue weighted by atomic mass is 32.2. The Hall–Kier alpha value is -3.14. The van der Waals surface area contributed by atoms with E-state index in [9.17, 15) is 22.4 Å². The second-order valence-electron chi connectivity index (χ2n) is 8.57. The molecule has 0 heterocycles. The maximum Gasteiger partial charge on any atom is 0.242 e. The van der Waals surface area contributed by atoms with Crippen molar-refractivity contribution in [1.29, 1.82) is 0 Å². The summed E-state index contributed by atoms with van der Waals surface area (Å²) in [7, 11) is -2.13. The van der Waals surface area contributed by atoms with Gasteiger partial charge in [-0.25, -0.2) is 12.8 Å². The number of hydrogen-bond acceptors (Lipinski definition) is 5. The minimum absolute atomic E-state index is 0.0168. The average Bonchev–Trinajstić information content (AvgIpc) is 2.85. The Morgan fingerprint density at radius 2 is 1.83 bits per heavy atom. The Balaban J connectivity index is 2.17. The van der Waals surface area contributed by atoms with E-state index in [2.05, 4.69) is 5.32 Å². The molecule has 0 unspecified atom stereocenters. The topological polar surface area (TPSA) is 96.0 Å². The van der Waals surface area contributed by atoms with Crippen LogP contribution < -0.4 is 14.4 Å². The highest BCUT2D eigenvalue weighted by molar-refractivity contribution is 7.92. The molecule has 1 atom stereocenters. The molecule has 2 aromatic rings. The monoisotopic (exact) mass is 521 g/mol. The van der Waals surface area contributed by atoms with Crippen LogP contribution in [-0.2, 0) is 26.2 Å². The molecule has 10 heteroatoms. The van der Waals surface area contributed by atoms with Crippen molar-refractivity contribution >= 4 is 27.5 Å². The van der Waals surface area contributed by atoms with E-state index in [0.717, 1.165) is 19.1 Å². The molecular weight excluding hydrogens is 485 g/mol. The number of hydrogen-bond donors (Lipinski definition) is 1. The van der Waals surface area contributed by atoms with Crippen LogP contribution in [-0.4, -0.2) is 57.6 Å². The third kappa shape index (κ3) is 8.51. The molecule has 2 aromatic carbocycles. The quantitative estimate of drug-likeness (QED) is 0.383. The van der Waals surface area contributed by atoms with Crippen LogP contribution in [0, 0.1) is 5.82 Å². The number of amides is 2. The molecule has 198 valence electrons. The van der Waals surface area contributed by atoms with Crippen LogP contribution in [0.4, 0.5) is 10.1 Å². The second kappa shape index (κ2) is 13.8. The summed E-state index contributed by atoms with van der Waals surface area (Å²) >= 11 is 0. The molecule has 0 aliphatic carbocycles. The van der Waals surface area contributed by atoms with Gasteiger partial charge in [-0.05, 0) is 38.0 Å². The minimum Gasteiger partial charge on any atom is -0.497 e. The van der Waals surface area contributed by atoms with E-state index in [1.54, 1.807) is 49.4 Å². The first-order chi connectivity index (χ1) is 17.1. The summed E-state index contributed by atoms with van der Waals surface area (Å²) in [6.07, 6.45) is 3.02. The maximum absolute atomic E-state index is 14.3. The number of benzene rings is 2. The first-order valence-electron chi connectivity index (χ1n) is 12.0. The molecule has 2 rings (SSSR count). The number of carbonyl (C=O) groups excluding carboxylic acids is 2. The van der Waals surface area contributed by atoms with Crippen LogP contribution in [0.3, 0.4) is 0 Å². The SMILES string of the molecule is CCCCNC(=O)[C@H](C)N(Cc1ccccc1F)C(=O)CCCN(c1cccc(OC)c1)S(C)(=O)=O. The number of carbonyl (C=O) groups is 2. The molecule has 0 saturated heterocycles. The Morgan fingerprint density at radius 3 is 2.47 bits per heavy atom. The van der Waals surface area contributed by atoms with Crippen molar-refractivity contribution in [3.8, 4) is 5.75 Å². The summed E-state index contributed by atoms with van der Waals surface area (Å²) in [6, 6.07) is 11.9. The zero-order valence-corrected chi connectivity index (χ0v) is 22.2. The van der Waals surface area contributed by atoms with Gasteiger partial charge in [-0.3, -0.25) is 13.9 Å². The van der Waals surface area contributed by atoms with Gasteiger partial charge in [-0.15, -0.1) is 0 Å². The molecule has 2 amide bonds. The van der Waals surface area contributed by atoms with E-state index >= 15 is 0 Å². The number of nitrogens with zero attached hydrogens (tertiary/aromatic N) is 2. The van der Waals surface area contributed by atoms with Gasteiger partial charge in [0.2, 0.25) is 21.8 Å². The first-order valence-corrected chi connectivity index (χ1v) is 13.9. The normalized spacial score (nSPS) is 12.0. The van der Waals surface area contributed by atoms with Crippen LogP contribution in [0.2, 0.25) is 0 Å². The molecule has 0 aliphatic rings. The van der Waals surface area contributed by atoms with E-state index in [1.165, 1.54) is 22.4 Å². The van der Waals surface area contributed by atoms with Gasteiger partial charge in [0.1, 0.15) is 17.6 Å². The number of halogens is 1. The molecule has 0 fully saturated rings. The lowest BCUT2D eigenvalue weighted by molar-refractivity contribution is -0.140. The average molecular weight is 522 g/mol. The zero-order valence-electron chi connectivity index (χ0n) is 21.4. The number of unbranched alkanes of at least 4 members (excludes halogenated alkanes) is 1. The van der Waals surface area contributed by atoms with Crippen molar-refractivity contribution in [2.75, 3.05) is 30.8 Å². The largest absolute Gasteiger partial charge is 0.497 e. The lowest BCUT2D eigenvalue weighted by Gasteiger charge is -2.29. The van der Waals surface area contributed by atoms with Crippen molar-refractivity contribution in [3.63, 3.8) is 0 Å². The summed E-state index contributed by atoms with van der Waals surface area (Å²) in [5.41, 5.74) is 0.726. The van der Waals surface area contributed by atoms with Crippen molar-refractivity contribution in [2.45, 2.75) is 52.1 Å². The molecule has 8 nitrogen and oxygen atoms in total. The van der Waals surface area contributed by atoms with Gasteiger partial charge >= 0.3 is 0 Å². The molecule has 0 bridgehead atoms. The molecule has 36 heavy (non-hydrogen) atoms. The van der Waals surface area contributed by atoms with Crippen molar-refractivity contribution < 1.29 is 27.1 Å². The smallest absolute Gasteiger partial charge is 0.242 e. The minimum atomic E-state index is -3.62. The number of anilines is 1. The number of methoxy groups -OCH3 is 1. The van der Waals surface area contributed by atoms with Crippen LogP contribution in [0.1, 0.15) is 45.1 Å². The van der Waals surface area contributed by atoms with Crippen molar-refractivity contribution in [2.24, 2.45) is 0 Å². The Bertz CT molecular complexity index is 1130. The highest BCUT2D eigenvalue weighted by Crippen LogP contribution is 2.24. The summed E-state index contributed by atoms with van der Waals surface area (Å²) < 4.78 is 45.6. The van der Waals surface area contributed by atoms with Crippen molar-refractivity contribution in [3.05, 3.63) is 59.9 Å². The van der Waals surface area contributed by atoms with Gasteiger partial charge in [0.05, 0.1) is 19.1 Å². The number of ether oxygens (including phenoxy) is 1. The second-order valence-corrected chi connectivity index (χ2v) is 10.5. The van der Waals surface area contributed by atoms with Gasteiger partial charge in [-0.2, -0.15) is 0 Å². The molecule has 0 aliphatic heterocycles. The highest BCUT2D eigenvalue weighted by Gasteiger charge is 2.27. The number of sulfonamides is 1. The fraction of sp³-hybridized carbons (Fsp3) is 0.462. The number of rotatable bonds is 14. The third-order valence-electron chi connectivity index (χ3n) is 5.79. The standard InChI is InChI=1S/C26H36FN3O5S/c1-5-6-16-28-26(32)20(2)29(19-21-11-7-8-14-24(21)27)25(31)15-10-17-30(36(4,33)34)22-12-9-13-23(18-22)35-3/h7-9,11-14,18,20H,5-6,10,15-17,19H2,1-4H3,(H,28,32)/t20-/m0/s1. The lowest BCUT2D eigenvalue weighted by Crippen LogP contribution is -2.48. The van der Waals surface area contributed by atoms with E-state index in [4.69, 9.17) is 4.74 Å². The van der Waals surface area contributed by atoms with Crippen LogP contribution >= 0.6 is 0 Å². The summed E-state index contributed by atoms with van der Waals surface area (Å²) in [4.78, 5) is 27.3. The van der Waals surface area contributed by atoms with Crippen LogP contribution in [0.15, 0.2) is 48.5 Å². The maximum atomic E-state index is 14.3. The predicted molar refractivity (Wildman–Crippen MR) is 139 cm³/mol. The number of nitrogens with one attached hydrogen (secondary N) is 1.